The van der Waals surface area contributed by atoms with Gasteiger partial charge in [-0.05, 0) is 46.0 Å². The van der Waals surface area contributed by atoms with E-state index in [9.17, 15) is 9.90 Å². The molecule has 16 heavy (non-hydrogen) atoms. The van der Waals surface area contributed by atoms with Gasteiger partial charge in [0, 0.05) is 6.04 Å². The number of likely N-dealkylation sites (tertiary alicyclic amines) is 1. The van der Waals surface area contributed by atoms with Gasteiger partial charge in [0.05, 0.1) is 5.60 Å². The van der Waals surface area contributed by atoms with Gasteiger partial charge in [0.15, 0.2) is 0 Å². The Balaban J connectivity index is 1.99. The molecule has 1 aliphatic heterocycles. The molecule has 1 aliphatic carbocycles. The summed E-state index contributed by atoms with van der Waals surface area (Å²) >= 11 is 0. The summed E-state index contributed by atoms with van der Waals surface area (Å²) in [6, 6.07) is 0.106. The van der Waals surface area contributed by atoms with E-state index in [-0.39, 0.29) is 11.6 Å². The van der Waals surface area contributed by atoms with Gasteiger partial charge in [-0.2, -0.15) is 0 Å². The average molecular weight is 227 g/mol. The number of carbonyl (C=O) groups is 1. The van der Waals surface area contributed by atoms with Crippen molar-refractivity contribution in [1.82, 2.24) is 4.90 Å². The number of aliphatic carboxylic acids is 1. The van der Waals surface area contributed by atoms with Crippen molar-refractivity contribution in [3.05, 3.63) is 0 Å². The van der Waals surface area contributed by atoms with Gasteiger partial charge < -0.3 is 9.84 Å². The first kappa shape index (κ1) is 11.9. The molecule has 0 spiro atoms. The molecule has 0 aromatic rings. The van der Waals surface area contributed by atoms with Crippen LogP contribution in [0.4, 0.5) is 0 Å². The third-order valence-electron chi connectivity index (χ3n) is 3.62. The van der Waals surface area contributed by atoms with Crippen molar-refractivity contribution >= 4 is 5.97 Å². The number of rotatable bonds is 3. The zero-order chi connectivity index (χ0) is 11.9. The summed E-state index contributed by atoms with van der Waals surface area (Å²) in [7, 11) is 0. The lowest BCUT2D eigenvalue weighted by Crippen LogP contribution is -2.47. The summed E-state index contributed by atoms with van der Waals surface area (Å²) < 4.78 is 5.71. The zero-order valence-electron chi connectivity index (χ0n) is 10.3. The Kier molecular flexibility index (Phi) is 2.97. The molecule has 0 radical (unpaired) electrons. The lowest BCUT2D eigenvalue weighted by molar-refractivity contribution is -0.152. The fourth-order valence-corrected chi connectivity index (χ4v) is 2.87. The average Bonchev–Trinajstić information content (AvgIpc) is 2.71. The van der Waals surface area contributed by atoms with Gasteiger partial charge in [-0.3, -0.25) is 9.69 Å². The largest absolute Gasteiger partial charge is 0.480 e. The number of ether oxygens (including phenoxy) is 1. The Bertz CT molecular complexity index is 284. The van der Waals surface area contributed by atoms with E-state index in [2.05, 4.69) is 0 Å². The minimum atomic E-state index is -0.690. The highest BCUT2D eigenvalue weighted by molar-refractivity contribution is 5.74. The predicted octanol–water partition coefficient (Wildman–Crippen LogP) is 1.70. The van der Waals surface area contributed by atoms with Crippen LogP contribution in [-0.2, 0) is 9.53 Å². The van der Waals surface area contributed by atoms with Crippen molar-refractivity contribution in [3.8, 4) is 0 Å². The fourth-order valence-electron chi connectivity index (χ4n) is 2.87. The summed E-state index contributed by atoms with van der Waals surface area (Å²) in [5.41, 5.74) is -0.203. The third-order valence-corrected chi connectivity index (χ3v) is 3.62. The van der Waals surface area contributed by atoms with E-state index in [1.54, 1.807) is 0 Å². The van der Waals surface area contributed by atoms with Crippen LogP contribution in [-0.4, -0.2) is 40.4 Å². The molecule has 4 nitrogen and oxygen atoms in total. The Morgan fingerprint density at radius 3 is 2.69 bits per heavy atom. The molecule has 1 heterocycles. The molecule has 0 aromatic heterocycles. The van der Waals surface area contributed by atoms with E-state index in [1.165, 1.54) is 0 Å². The van der Waals surface area contributed by atoms with E-state index >= 15 is 0 Å². The smallest absolute Gasteiger partial charge is 0.321 e. The Labute approximate surface area is 96.6 Å². The Morgan fingerprint density at radius 2 is 2.12 bits per heavy atom. The first-order chi connectivity index (χ1) is 7.38. The number of nitrogens with zero attached hydrogens (tertiary/aromatic N) is 1. The highest BCUT2D eigenvalue weighted by Crippen LogP contribution is 2.42. The molecule has 3 unspecified atom stereocenters. The molecule has 2 aliphatic rings. The van der Waals surface area contributed by atoms with Crippen LogP contribution in [0, 0.1) is 5.92 Å². The van der Waals surface area contributed by atoms with Crippen molar-refractivity contribution in [2.75, 3.05) is 6.73 Å². The molecule has 2 rings (SSSR count). The van der Waals surface area contributed by atoms with Crippen LogP contribution in [0.15, 0.2) is 0 Å². The quantitative estimate of drug-likeness (QED) is 0.797. The zero-order valence-corrected chi connectivity index (χ0v) is 10.3. The Morgan fingerprint density at radius 1 is 1.44 bits per heavy atom. The summed E-state index contributed by atoms with van der Waals surface area (Å²) in [6.07, 6.45) is 3.22. The van der Waals surface area contributed by atoms with Gasteiger partial charge >= 0.3 is 5.97 Å². The van der Waals surface area contributed by atoms with E-state index in [0.717, 1.165) is 19.3 Å². The maximum atomic E-state index is 11.2. The minimum absolute atomic E-state index is 0.203. The van der Waals surface area contributed by atoms with E-state index in [1.807, 2.05) is 25.7 Å². The first-order valence-electron chi connectivity index (χ1n) is 6.01. The second-order valence-electron chi connectivity index (χ2n) is 5.91. The summed E-state index contributed by atoms with van der Waals surface area (Å²) in [5, 5.41) is 9.24. The third kappa shape index (κ3) is 2.23. The topological polar surface area (TPSA) is 49.8 Å². The van der Waals surface area contributed by atoms with Gasteiger partial charge in [0.2, 0.25) is 0 Å². The van der Waals surface area contributed by atoms with Gasteiger partial charge in [-0.25, -0.2) is 0 Å². The number of carboxylic acid groups (broad SMARTS) is 1. The van der Waals surface area contributed by atoms with E-state index in [0.29, 0.717) is 18.7 Å². The second kappa shape index (κ2) is 4.00. The standard InChI is InChI=1S/C12H21NO3/c1-12(2,3)16-7-13-9-5-4-8(6-9)10(13)11(14)15/h8-10H,4-7H2,1-3H3,(H,14,15). The molecule has 2 bridgehead atoms. The van der Waals surface area contributed by atoms with E-state index < -0.39 is 5.97 Å². The molecule has 92 valence electrons. The maximum Gasteiger partial charge on any atom is 0.321 e. The summed E-state index contributed by atoms with van der Waals surface area (Å²) in [4.78, 5) is 13.3. The first-order valence-corrected chi connectivity index (χ1v) is 6.01. The van der Waals surface area contributed by atoms with Crippen LogP contribution < -0.4 is 0 Å². The van der Waals surface area contributed by atoms with Crippen molar-refractivity contribution in [2.45, 2.75) is 57.7 Å². The molecule has 4 heteroatoms. The Hall–Kier alpha value is -0.610. The number of carboxylic acids is 1. The molecular formula is C12H21NO3. The molecule has 0 amide bonds. The van der Waals surface area contributed by atoms with Crippen molar-refractivity contribution in [3.63, 3.8) is 0 Å². The van der Waals surface area contributed by atoms with Crippen LogP contribution in [0.2, 0.25) is 0 Å². The maximum absolute atomic E-state index is 11.2. The van der Waals surface area contributed by atoms with Gasteiger partial charge in [-0.15, -0.1) is 0 Å². The van der Waals surface area contributed by atoms with Gasteiger partial charge in [0.25, 0.3) is 0 Å². The molecular weight excluding hydrogens is 206 g/mol. The number of fused-ring (bicyclic) bond motifs is 2. The molecule has 3 atom stereocenters. The van der Waals surface area contributed by atoms with Crippen molar-refractivity contribution < 1.29 is 14.6 Å². The molecule has 0 aromatic carbocycles. The van der Waals surface area contributed by atoms with Crippen LogP contribution in [0.5, 0.6) is 0 Å². The van der Waals surface area contributed by atoms with Crippen molar-refractivity contribution in [2.24, 2.45) is 5.92 Å². The SMILES string of the molecule is CC(C)(C)OCN1C2CCC(C2)C1C(=O)O. The van der Waals surface area contributed by atoms with Crippen LogP contribution in [0.1, 0.15) is 40.0 Å². The minimum Gasteiger partial charge on any atom is -0.480 e. The molecule has 1 saturated heterocycles. The monoisotopic (exact) mass is 227 g/mol. The fraction of sp³-hybridized carbons (Fsp3) is 0.917. The molecule has 1 saturated carbocycles. The lowest BCUT2D eigenvalue weighted by Gasteiger charge is -2.34. The number of hydrogen-bond donors (Lipinski definition) is 1. The molecule has 1 N–H and O–H groups in total. The van der Waals surface area contributed by atoms with Crippen LogP contribution in [0.25, 0.3) is 0 Å². The van der Waals surface area contributed by atoms with Gasteiger partial charge in [0.1, 0.15) is 12.8 Å². The molecule has 2 fully saturated rings. The number of hydrogen-bond acceptors (Lipinski definition) is 3. The van der Waals surface area contributed by atoms with Crippen molar-refractivity contribution in [1.29, 1.82) is 0 Å². The normalized spacial score (nSPS) is 34.6. The highest BCUT2D eigenvalue weighted by Gasteiger charge is 2.49. The van der Waals surface area contributed by atoms with Gasteiger partial charge in [-0.1, -0.05) is 0 Å². The summed E-state index contributed by atoms with van der Waals surface area (Å²) in [6.45, 7) is 6.44. The highest BCUT2D eigenvalue weighted by atomic mass is 16.5. The summed E-state index contributed by atoms with van der Waals surface area (Å²) in [5.74, 6) is -0.351. The van der Waals surface area contributed by atoms with Crippen LogP contribution >= 0.6 is 0 Å². The number of piperidine rings is 1. The predicted molar refractivity (Wildman–Crippen MR) is 60.1 cm³/mol. The second-order valence-corrected chi connectivity index (χ2v) is 5.91. The van der Waals surface area contributed by atoms with Crippen LogP contribution in [0.3, 0.4) is 0 Å². The van der Waals surface area contributed by atoms with E-state index in [4.69, 9.17) is 4.74 Å². The lowest BCUT2D eigenvalue weighted by atomic mass is 9.99.